The number of hydrogen-bond acceptors (Lipinski definition) is 3. The molecule has 0 saturated carbocycles. The summed E-state index contributed by atoms with van der Waals surface area (Å²) in [7, 11) is 0. The van der Waals surface area contributed by atoms with Crippen molar-refractivity contribution in [3.05, 3.63) is 29.3 Å². The molecule has 0 atom stereocenters. The Hall–Kier alpha value is -1.35. The smallest absolute Gasteiger partial charge is 0.160 e. The van der Waals surface area contributed by atoms with Crippen LogP contribution in [0.4, 0.5) is 5.69 Å². The van der Waals surface area contributed by atoms with Gasteiger partial charge in [0.25, 0.3) is 0 Å². The monoisotopic (exact) mass is 235 g/mol. The van der Waals surface area contributed by atoms with Crippen molar-refractivity contribution in [3.8, 4) is 0 Å². The molecule has 0 heterocycles. The van der Waals surface area contributed by atoms with Gasteiger partial charge in [-0.3, -0.25) is 4.79 Å². The second kappa shape index (κ2) is 7.07. The molecule has 94 valence electrons. The zero-order chi connectivity index (χ0) is 12.7. The molecule has 0 unspecified atom stereocenters. The highest BCUT2D eigenvalue weighted by molar-refractivity contribution is 5.95. The van der Waals surface area contributed by atoms with Crippen LogP contribution in [-0.4, -0.2) is 24.0 Å². The lowest BCUT2D eigenvalue weighted by molar-refractivity contribution is 0.101. The van der Waals surface area contributed by atoms with Gasteiger partial charge in [-0.2, -0.15) is 0 Å². The van der Waals surface area contributed by atoms with Crippen molar-refractivity contribution in [2.45, 2.75) is 33.1 Å². The van der Waals surface area contributed by atoms with E-state index >= 15 is 0 Å². The molecule has 2 N–H and O–H groups in total. The van der Waals surface area contributed by atoms with Crippen LogP contribution in [0.2, 0.25) is 0 Å². The molecule has 0 aromatic heterocycles. The molecule has 0 spiro atoms. The average molecular weight is 235 g/mol. The highest BCUT2D eigenvalue weighted by Crippen LogP contribution is 2.15. The van der Waals surface area contributed by atoms with E-state index in [0.29, 0.717) is 0 Å². The van der Waals surface area contributed by atoms with Crippen LogP contribution < -0.4 is 5.32 Å². The van der Waals surface area contributed by atoms with Crippen molar-refractivity contribution in [2.75, 3.05) is 18.5 Å². The van der Waals surface area contributed by atoms with Crippen molar-refractivity contribution >= 4 is 11.5 Å². The largest absolute Gasteiger partial charge is 0.396 e. The fraction of sp³-hybridized carbons (Fsp3) is 0.500. The molecule has 3 heteroatoms. The molecular weight excluding hydrogens is 214 g/mol. The van der Waals surface area contributed by atoms with Crippen LogP contribution >= 0.6 is 0 Å². The Bertz CT molecular complexity index is 374. The molecule has 0 bridgehead atoms. The van der Waals surface area contributed by atoms with Crippen molar-refractivity contribution < 1.29 is 9.90 Å². The van der Waals surface area contributed by atoms with E-state index in [-0.39, 0.29) is 12.4 Å². The molecule has 3 nitrogen and oxygen atoms in total. The summed E-state index contributed by atoms with van der Waals surface area (Å²) in [5, 5.41) is 12.0. The van der Waals surface area contributed by atoms with E-state index in [1.54, 1.807) is 6.92 Å². The maximum absolute atomic E-state index is 11.3. The van der Waals surface area contributed by atoms with Gasteiger partial charge in [0.1, 0.15) is 0 Å². The van der Waals surface area contributed by atoms with Gasteiger partial charge < -0.3 is 10.4 Å². The van der Waals surface area contributed by atoms with Crippen LogP contribution in [0.1, 0.15) is 42.1 Å². The zero-order valence-corrected chi connectivity index (χ0v) is 10.6. The summed E-state index contributed by atoms with van der Waals surface area (Å²) >= 11 is 0. The lowest BCUT2D eigenvalue weighted by atomic mass is 10.0. The highest BCUT2D eigenvalue weighted by atomic mass is 16.2. The van der Waals surface area contributed by atoms with Crippen molar-refractivity contribution in [3.63, 3.8) is 0 Å². The van der Waals surface area contributed by atoms with Crippen LogP contribution in [0.25, 0.3) is 0 Å². The number of Topliss-reactive ketones (excluding diaryl/α,β-unsaturated/α-hetero) is 1. The Balaban J connectivity index is 2.45. The van der Waals surface area contributed by atoms with E-state index in [1.165, 1.54) is 0 Å². The van der Waals surface area contributed by atoms with Crippen LogP contribution in [0.15, 0.2) is 18.2 Å². The Labute approximate surface area is 103 Å². The highest BCUT2D eigenvalue weighted by Gasteiger charge is 2.03. The summed E-state index contributed by atoms with van der Waals surface area (Å²) in [6.07, 6.45) is 2.95. The molecule has 17 heavy (non-hydrogen) atoms. The van der Waals surface area contributed by atoms with Gasteiger partial charge in [-0.25, -0.2) is 0 Å². The van der Waals surface area contributed by atoms with Crippen LogP contribution in [0, 0.1) is 6.92 Å². The summed E-state index contributed by atoms with van der Waals surface area (Å²) < 4.78 is 0. The number of carbonyl (C=O) groups excluding carboxylic acids is 1. The number of carbonyl (C=O) groups is 1. The van der Waals surface area contributed by atoms with Crippen molar-refractivity contribution in [1.29, 1.82) is 0 Å². The number of benzene rings is 1. The summed E-state index contributed by atoms with van der Waals surface area (Å²) in [5.41, 5.74) is 2.85. The standard InChI is InChI=1S/C14H21NO2/c1-11-10-13(6-7-14(11)12(2)17)15-8-4-3-5-9-16/h6-7,10,15-16H,3-5,8-9H2,1-2H3. The minimum Gasteiger partial charge on any atom is -0.396 e. The second-order valence-electron chi connectivity index (χ2n) is 4.30. The normalized spacial score (nSPS) is 10.3. The van der Waals surface area contributed by atoms with Gasteiger partial charge >= 0.3 is 0 Å². The van der Waals surface area contributed by atoms with Gasteiger partial charge in [0, 0.05) is 24.4 Å². The minimum atomic E-state index is 0.108. The van der Waals surface area contributed by atoms with E-state index in [4.69, 9.17) is 5.11 Å². The topological polar surface area (TPSA) is 49.3 Å². The van der Waals surface area contributed by atoms with Crippen LogP contribution in [-0.2, 0) is 0 Å². The number of anilines is 1. The van der Waals surface area contributed by atoms with E-state index in [2.05, 4.69) is 5.32 Å². The number of unbranched alkanes of at least 4 members (excludes halogenated alkanes) is 2. The van der Waals surface area contributed by atoms with Gasteiger partial charge in [-0.05, 0) is 56.9 Å². The Morgan fingerprint density at radius 3 is 2.65 bits per heavy atom. The third kappa shape index (κ3) is 4.57. The molecule has 0 aliphatic heterocycles. The van der Waals surface area contributed by atoms with Crippen molar-refractivity contribution in [1.82, 2.24) is 0 Å². The molecule has 0 radical (unpaired) electrons. The van der Waals surface area contributed by atoms with Gasteiger partial charge in [0.05, 0.1) is 0 Å². The minimum absolute atomic E-state index is 0.108. The fourth-order valence-corrected chi connectivity index (χ4v) is 1.81. The Morgan fingerprint density at radius 1 is 1.29 bits per heavy atom. The Morgan fingerprint density at radius 2 is 2.06 bits per heavy atom. The Kier molecular flexibility index (Phi) is 5.70. The first-order valence-electron chi connectivity index (χ1n) is 6.11. The van der Waals surface area contributed by atoms with Gasteiger partial charge in [-0.15, -0.1) is 0 Å². The first kappa shape index (κ1) is 13.7. The number of aliphatic hydroxyl groups is 1. The lowest BCUT2D eigenvalue weighted by Gasteiger charge is -2.09. The molecule has 1 aromatic rings. The first-order valence-corrected chi connectivity index (χ1v) is 6.11. The molecular formula is C14H21NO2. The van der Waals surface area contributed by atoms with Gasteiger partial charge in [0.15, 0.2) is 5.78 Å². The number of aliphatic hydroxyl groups excluding tert-OH is 1. The number of nitrogens with one attached hydrogen (secondary N) is 1. The number of ketones is 1. The number of aryl methyl sites for hydroxylation is 1. The lowest BCUT2D eigenvalue weighted by Crippen LogP contribution is -2.03. The average Bonchev–Trinajstić information content (AvgIpc) is 2.28. The van der Waals surface area contributed by atoms with E-state index in [9.17, 15) is 4.79 Å². The predicted octanol–water partition coefficient (Wildman–Crippen LogP) is 2.77. The molecule has 1 rings (SSSR count). The fourth-order valence-electron chi connectivity index (χ4n) is 1.81. The molecule has 0 aliphatic carbocycles. The molecule has 0 saturated heterocycles. The maximum atomic E-state index is 11.3. The molecule has 0 aliphatic rings. The van der Waals surface area contributed by atoms with Crippen LogP contribution in [0.5, 0.6) is 0 Å². The SMILES string of the molecule is CC(=O)c1ccc(NCCCCCO)cc1C. The molecule has 1 aromatic carbocycles. The van der Waals surface area contributed by atoms with E-state index in [1.807, 2.05) is 25.1 Å². The molecule has 0 fully saturated rings. The van der Waals surface area contributed by atoms with E-state index < -0.39 is 0 Å². The quantitative estimate of drug-likeness (QED) is 0.564. The third-order valence-electron chi connectivity index (χ3n) is 2.77. The van der Waals surface area contributed by atoms with Gasteiger partial charge in [-0.1, -0.05) is 0 Å². The second-order valence-corrected chi connectivity index (χ2v) is 4.30. The summed E-state index contributed by atoms with van der Waals surface area (Å²) in [5.74, 6) is 0.108. The number of rotatable bonds is 7. The zero-order valence-electron chi connectivity index (χ0n) is 10.6. The van der Waals surface area contributed by atoms with E-state index in [0.717, 1.165) is 42.6 Å². The van der Waals surface area contributed by atoms with Crippen LogP contribution in [0.3, 0.4) is 0 Å². The summed E-state index contributed by atoms with van der Waals surface area (Å²) in [4.78, 5) is 11.3. The summed E-state index contributed by atoms with van der Waals surface area (Å²) in [6.45, 7) is 4.71. The predicted molar refractivity (Wildman–Crippen MR) is 70.6 cm³/mol. The number of hydrogen-bond donors (Lipinski definition) is 2. The van der Waals surface area contributed by atoms with Gasteiger partial charge in [0.2, 0.25) is 0 Å². The van der Waals surface area contributed by atoms with Crippen molar-refractivity contribution in [2.24, 2.45) is 0 Å². The maximum Gasteiger partial charge on any atom is 0.160 e. The first-order chi connectivity index (χ1) is 8.15. The summed E-state index contributed by atoms with van der Waals surface area (Å²) in [6, 6.07) is 5.81. The molecule has 0 amide bonds. The third-order valence-corrected chi connectivity index (χ3v) is 2.77.